The molecule has 1 N–H and O–H groups in total. The van der Waals surface area contributed by atoms with E-state index in [1.807, 2.05) is 66.9 Å². The largest absolute Gasteiger partial charge is 0.288 e. The highest BCUT2D eigenvalue weighted by Crippen LogP contribution is 2.36. The first-order valence-corrected chi connectivity index (χ1v) is 12.7. The molecule has 3 aromatic carbocycles. The zero-order valence-corrected chi connectivity index (χ0v) is 21.3. The molecule has 0 spiro atoms. The SMILES string of the molecule is Cc1ccc(-c2csc(-n3[nH]c(-c4ccccc4)c(C(c4ccc(Cl)cc4)C(C#N)C#N)c3=O)n2)cc1. The molecule has 0 aliphatic rings. The minimum Gasteiger partial charge on any atom is -0.288 e. The molecule has 0 saturated carbocycles. The van der Waals surface area contributed by atoms with Gasteiger partial charge in [0.15, 0.2) is 0 Å². The normalized spacial score (nSPS) is 11.7. The summed E-state index contributed by atoms with van der Waals surface area (Å²) in [5, 5.41) is 25.9. The van der Waals surface area contributed by atoms with E-state index in [9.17, 15) is 15.3 Å². The first-order valence-electron chi connectivity index (χ1n) is 11.5. The number of aromatic nitrogens is 3. The number of aromatic amines is 1. The smallest absolute Gasteiger partial charge is 0.277 e. The average molecular weight is 522 g/mol. The number of halogens is 1. The summed E-state index contributed by atoms with van der Waals surface area (Å²) in [6, 6.07) is 28.4. The van der Waals surface area contributed by atoms with Gasteiger partial charge < -0.3 is 0 Å². The van der Waals surface area contributed by atoms with Crippen molar-refractivity contribution in [1.82, 2.24) is 14.8 Å². The Kier molecular flexibility index (Phi) is 6.74. The van der Waals surface area contributed by atoms with Crippen LogP contribution in [0.3, 0.4) is 0 Å². The Morgan fingerprint density at radius 2 is 1.62 bits per heavy atom. The van der Waals surface area contributed by atoms with Gasteiger partial charge in [-0.1, -0.05) is 83.9 Å². The maximum absolute atomic E-state index is 14.0. The van der Waals surface area contributed by atoms with Crippen molar-refractivity contribution < 1.29 is 0 Å². The monoisotopic (exact) mass is 521 g/mol. The van der Waals surface area contributed by atoms with Crippen LogP contribution in [0.2, 0.25) is 5.02 Å². The van der Waals surface area contributed by atoms with E-state index in [0.717, 1.165) is 22.4 Å². The lowest BCUT2D eigenvalue weighted by Gasteiger charge is -2.18. The quantitative estimate of drug-likeness (QED) is 0.268. The Morgan fingerprint density at radius 3 is 2.27 bits per heavy atom. The van der Waals surface area contributed by atoms with Gasteiger partial charge in [-0.3, -0.25) is 9.89 Å². The third-order valence-corrected chi connectivity index (χ3v) is 7.25. The maximum Gasteiger partial charge on any atom is 0.277 e. The third-order valence-electron chi connectivity index (χ3n) is 6.17. The Morgan fingerprint density at radius 1 is 0.946 bits per heavy atom. The molecular formula is C29H20ClN5OS. The van der Waals surface area contributed by atoms with E-state index in [0.29, 0.717) is 27.0 Å². The second-order valence-electron chi connectivity index (χ2n) is 8.55. The standard InChI is InChI=1S/C29H20ClN5OS/c1-18-7-9-19(10-8-18)24-17-37-29(33-24)35-28(36)26(27(34-35)21-5-3-2-4-6-21)25(22(15-31)16-32)20-11-13-23(30)14-12-20/h2-14,17,22,25,34H,1H3. The number of nitriles is 2. The fraction of sp³-hybridized carbons (Fsp3) is 0.103. The van der Waals surface area contributed by atoms with E-state index in [2.05, 4.69) is 17.2 Å². The van der Waals surface area contributed by atoms with E-state index in [4.69, 9.17) is 16.6 Å². The number of nitrogens with zero attached hydrogens (tertiary/aromatic N) is 4. The highest BCUT2D eigenvalue weighted by molar-refractivity contribution is 7.12. The number of H-pyrrole nitrogens is 1. The summed E-state index contributed by atoms with van der Waals surface area (Å²) in [6.45, 7) is 2.02. The Bertz CT molecular complexity index is 1670. The van der Waals surface area contributed by atoms with Crippen LogP contribution in [0.5, 0.6) is 0 Å². The summed E-state index contributed by atoms with van der Waals surface area (Å²) < 4.78 is 1.40. The van der Waals surface area contributed by atoms with Gasteiger partial charge in [0.05, 0.1) is 29.1 Å². The van der Waals surface area contributed by atoms with Crippen LogP contribution in [0, 0.1) is 35.5 Å². The Hall–Kier alpha value is -4.43. The second-order valence-corrected chi connectivity index (χ2v) is 9.83. The van der Waals surface area contributed by atoms with Crippen LogP contribution in [-0.2, 0) is 0 Å². The number of thiazole rings is 1. The van der Waals surface area contributed by atoms with Gasteiger partial charge in [-0.15, -0.1) is 11.3 Å². The number of nitrogens with one attached hydrogen (secondary N) is 1. The molecule has 0 fully saturated rings. The zero-order chi connectivity index (χ0) is 25.9. The van der Waals surface area contributed by atoms with Crippen LogP contribution in [0.25, 0.3) is 27.6 Å². The molecule has 37 heavy (non-hydrogen) atoms. The number of aryl methyl sites for hydroxylation is 1. The van der Waals surface area contributed by atoms with Crippen molar-refractivity contribution in [2.75, 3.05) is 0 Å². The van der Waals surface area contributed by atoms with Gasteiger partial charge >= 0.3 is 0 Å². The van der Waals surface area contributed by atoms with Crippen LogP contribution in [0.1, 0.15) is 22.6 Å². The van der Waals surface area contributed by atoms with Crippen LogP contribution in [0.4, 0.5) is 0 Å². The fourth-order valence-corrected chi connectivity index (χ4v) is 5.21. The lowest BCUT2D eigenvalue weighted by molar-refractivity contribution is 0.703. The van der Waals surface area contributed by atoms with Crippen molar-refractivity contribution in [2.24, 2.45) is 5.92 Å². The van der Waals surface area contributed by atoms with Crippen LogP contribution in [0.15, 0.2) is 89.0 Å². The summed E-state index contributed by atoms with van der Waals surface area (Å²) in [5.41, 5.74) is 4.76. The lowest BCUT2D eigenvalue weighted by Crippen LogP contribution is -2.23. The minimum absolute atomic E-state index is 0.328. The fourth-order valence-electron chi connectivity index (χ4n) is 4.30. The van der Waals surface area contributed by atoms with Gasteiger partial charge in [-0.05, 0) is 30.2 Å². The van der Waals surface area contributed by atoms with Crippen molar-refractivity contribution in [1.29, 1.82) is 10.5 Å². The molecule has 5 rings (SSSR count). The highest BCUT2D eigenvalue weighted by atomic mass is 35.5. The lowest BCUT2D eigenvalue weighted by atomic mass is 9.81. The molecule has 0 aliphatic heterocycles. The van der Waals surface area contributed by atoms with Gasteiger partial charge in [-0.25, -0.2) is 4.98 Å². The molecular weight excluding hydrogens is 502 g/mol. The van der Waals surface area contributed by atoms with Gasteiger partial charge in [0, 0.05) is 21.9 Å². The van der Waals surface area contributed by atoms with Crippen molar-refractivity contribution in [2.45, 2.75) is 12.8 Å². The Balaban J connectivity index is 1.72. The summed E-state index contributed by atoms with van der Waals surface area (Å²) in [6.07, 6.45) is 0. The third kappa shape index (κ3) is 4.71. The summed E-state index contributed by atoms with van der Waals surface area (Å²) in [4.78, 5) is 18.7. The number of hydrogen-bond acceptors (Lipinski definition) is 5. The van der Waals surface area contributed by atoms with Crippen LogP contribution < -0.4 is 5.56 Å². The van der Waals surface area contributed by atoms with E-state index < -0.39 is 11.8 Å². The highest BCUT2D eigenvalue weighted by Gasteiger charge is 2.33. The summed E-state index contributed by atoms with van der Waals surface area (Å²) in [5.74, 6) is -1.90. The molecule has 2 aromatic heterocycles. The van der Waals surface area contributed by atoms with Gasteiger partial charge in [0.2, 0.25) is 5.13 Å². The van der Waals surface area contributed by atoms with Crippen molar-refractivity contribution in [3.63, 3.8) is 0 Å². The van der Waals surface area contributed by atoms with Gasteiger partial charge in [0.25, 0.3) is 5.56 Å². The minimum atomic E-state index is -1.10. The van der Waals surface area contributed by atoms with Crippen molar-refractivity contribution >= 4 is 22.9 Å². The van der Waals surface area contributed by atoms with Gasteiger partial charge in [0.1, 0.15) is 5.92 Å². The maximum atomic E-state index is 14.0. The molecule has 2 heterocycles. The van der Waals surface area contributed by atoms with Crippen LogP contribution >= 0.6 is 22.9 Å². The zero-order valence-electron chi connectivity index (χ0n) is 19.7. The predicted molar refractivity (Wildman–Crippen MR) is 146 cm³/mol. The number of rotatable bonds is 6. The van der Waals surface area contributed by atoms with E-state index in [1.54, 1.807) is 24.3 Å². The molecule has 0 saturated heterocycles. The molecule has 0 aliphatic carbocycles. The molecule has 8 heteroatoms. The van der Waals surface area contributed by atoms with Crippen LogP contribution in [-0.4, -0.2) is 14.8 Å². The number of benzene rings is 3. The molecule has 1 atom stereocenters. The second kappa shape index (κ2) is 10.3. The summed E-state index contributed by atoms with van der Waals surface area (Å²) >= 11 is 7.44. The molecule has 180 valence electrons. The summed E-state index contributed by atoms with van der Waals surface area (Å²) in [7, 11) is 0. The molecule has 1 unspecified atom stereocenters. The molecule has 0 radical (unpaired) electrons. The first kappa shape index (κ1) is 24.3. The average Bonchev–Trinajstić information content (AvgIpc) is 3.54. The van der Waals surface area contributed by atoms with E-state index in [-0.39, 0.29) is 5.56 Å². The molecule has 0 bridgehead atoms. The van der Waals surface area contributed by atoms with Crippen molar-refractivity contribution in [3.8, 4) is 39.8 Å². The Labute approximate surface area is 222 Å². The molecule has 0 amide bonds. The van der Waals surface area contributed by atoms with Crippen molar-refractivity contribution in [3.05, 3.63) is 116 Å². The topological polar surface area (TPSA) is 98.3 Å². The first-order chi connectivity index (χ1) is 18.0. The predicted octanol–water partition coefficient (Wildman–Crippen LogP) is 6.71. The van der Waals surface area contributed by atoms with E-state index in [1.165, 1.54) is 16.0 Å². The van der Waals surface area contributed by atoms with Gasteiger partial charge in [-0.2, -0.15) is 15.2 Å². The molecule has 6 nitrogen and oxygen atoms in total. The number of hydrogen-bond donors (Lipinski definition) is 1. The molecule has 5 aromatic rings. The van der Waals surface area contributed by atoms with E-state index >= 15 is 0 Å².